The van der Waals surface area contributed by atoms with Gasteiger partial charge in [-0.2, -0.15) is 0 Å². The van der Waals surface area contributed by atoms with Crippen molar-refractivity contribution in [2.24, 2.45) is 0 Å². The van der Waals surface area contributed by atoms with Crippen molar-refractivity contribution in [3.63, 3.8) is 0 Å². The Hall–Kier alpha value is -3.64. The Bertz CT molecular complexity index is 1150. The first-order valence-electron chi connectivity index (χ1n) is 9.68. The van der Waals surface area contributed by atoms with Crippen molar-refractivity contribution < 1.29 is 14.3 Å². The molecule has 152 valence electrons. The fraction of sp³-hybridized carbons (Fsp3) is 0.167. The van der Waals surface area contributed by atoms with Crippen LogP contribution in [0.2, 0.25) is 0 Å². The number of amides is 1. The molecule has 0 atom stereocenters. The summed E-state index contributed by atoms with van der Waals surface area (Å²) in [6.45, 7) is 2.29. The number of imidazole rings is 1. The normalized spacial score (nSPS) is 10.9. The van der Waals surface area contributed by atoms with Crippen molar-refractivity contribution in [3.8, 4) is 17.1 Å². The Morgan fingerprint density at radius 1 is 1.07 bits per heavy atom. The predicted octanol–water partition coefficient (Wildman–Crippen LogP) is 4.70. The predicted molar refractivity (Wildman–Crippen MR) is 118 cm³/mol. The number of benzene rings is 3. The molecule has 0 radical (unpaired) electrons. The largest absolute Gasteiger partial charge is 0.497 e. The minimum Gasteiger partial charge on any atom is -0.497 e. The highest BCUT2D eigenvalue weighted by Crippen LogP contribution is 2.29. The van der Waals surface area contributed by atoms with E-state index in [2.05, 4.69) is 15.3 Å². The Balaban J connectivity index is 1.45. The number of para-hydroxylation sites is 2. The molecular formula is C24H23N3O3. The van der Waals surface area contributed by atoms with Gasteiger partial charge in [0.15, 0.2) is 0 Å². The summed E-state index contributed by atoms with van der Waals surface area (Å²) >= 11 is 0. The molecular weight excluding hydrogens is 378 g/mol. The SMILES string of the molecule is COc1cccc(COCC(=O)Nc2ccc(C)cc2-c2nc3ccccc3[nH]2)c1. The number of hydrogen-bond donors (Lipinski definition) is 2. The first-order chi connectivity index (χ1) is 14.6. The summed E-state index contributed by atoms with van der Waals surface area (Å²) in [7, 11) is 1.62. The number of aromatic nitrogens is 2. The monoisotopic (exact) mass is 401 g/mol. The van der Waals surface area contributed by atoms with Gasteiger partial charge in [-0.3, -0.25) is 4.79 Å². The summed E-state index contributed by atoms with van der Waals surface area (Å²) in [5, 5.41) is 2.94. The first-order valence-corrected chi connectivity index (χ1v) is 9.68. The Morgan fingerprint density at radius 3 is 2.77 bits per heavy atom. The van der Waals surface area contributed by atoms with Crippen LogP contribution in [0.1, 0.15) is 11.1 Å². The topological polar surface area (TPSA) is 76.2 Å². The fourth-order valence-corrected chi connectivity index (χ4v) is 3.25. The van der Waals surface area contributed by atoms with Crippen molar-refractivity contribution in [1.29, 1.82) is 0 Å². The molecule has 0 aliphatic carbocycles. The molecule has 4 rings (SSSR count). The van der Waals surface area contributed by atoms with E-state index in [1.165, 1.54) is 0 Å². The van der Waals surface area contributed by atoms with Gasteiger partial charge in [-0.15, -0.1) is 0 Å². The van der Waals surface area contributed by atoms with Gasteiger partial charge in [0, 0.05) is 5.56 Å². The maximum atomic E-state index is 12.5. The van der Waals surface area contributed by atoms with Gasteiger partial charge in [0.25, 0.3) is 0 Å². The number of carbonyl (C=O) groups excluding carboxylic acids is 1. The van der Waals surface area contributed by atoms with Gasteiger partial charge in [-0.05, 0) is 48.9 Å². The van der Waals surface area contributed by atoms with Crippen LogP contribution in [-0.2, 0) is 16.1 Å². The van der Waals surface area contributed by atoms with Crippen LogP contribution in [-0.4, -0.2) is 29.6 Å². The summed E-state index contributed by atoms with van der Waals surface area (Å²) in [6.07, 6.45) is 0. The Kier molecular flexibility index (Phi) is 5.77. The number of nitrogens with zero attached hydrogens (tertiary/aromatic N) is 1. The second-order valence-electron chi connectivity index (χ2n) is 7.04. The maximum absolute atomic E-state index is 12.5. The Labute approximate surface area is 174 Å². The number of methoxy groups -OCH3 is 1. The van der Waals surface area contributed by atoms with E-state index in [0.29, 0.717) is 18.1 Å². The van der Waals surface area contributed by atoms with E-state index in [-0.39, 0.29) is 12.5 Å². The van der Waals surface area contributed by atoms with Gasteiger partial charge < -0.3 is 19.8 Å². The molecule has 0 unspecified atom stereocenters. The summed E-state index contributed by atoms with van der Waals surface area (Å²) in [5.74, 6) is 1.25. The van der Waals surface area contributed by atoms with Gasteiger partial charge in [0.2, 0.25) is 5.91 Å². The van der Waals surface area contributed by atoms with Crippen LogP contribution >= 0.6 is 0 Å². The quantitative estimate of drug-likeness (QED) is 0.471. The third-order valence-electron chi connectivity index (χ3n) is 4.73. The van der Waals surface area contributed by atoms with E-state index in [0.717, 1.165) is 33.5 Å². The second kappa shape index (κ2) is 8.80. The molecule has 1 heterocycles. The maximum Gasteiger partial charge on any atom is 0.250 e. The molecule has 0 saturated carbocycles. The molecule has 3 aromatic carbocycles. The van der Waals surface area contributed by atoms with E-state index in [1.54, 1.807) is 7.11 Å². The zero-order valence-corrected chi connectivity index (χ0v) is 16.9. The lowest BCUT2D eigenvalue weighted by Crippen LogP contribution is -2.18. The summed E-state index contributed by atoms with van der Waals surface area (Å²) < 4.78 is 10.8. The van der Waals surface area contributed by atoms with Crippen LogP contribution in [0.15, 0.2) is 66.7 Å². The lowest BCUT2D eigenvalue weighted by Gasteiger charge is -2.11. The number of H-pyrrole nitrogens is 1. The van der Waals surface area contributed by atoms with Crippen LogP contribution in [0.5, 0.6) is 5.75 Å². The number of anilines is 1. The number of carbonyl (C=O) groups is 1. The molecule has 30 heavy (non-hydrogen) atoms. The van der Waals surface area contributed by atoms with Crippen LogP contribution in [0.25, 0.3) is 22.4 Å². The molecule has 1 aromatic heterocycles. The van der Waals surface area contributed by atoms with Gasteiger partial charge >= 0.3 is 0 Å². The van der Waals surface area contributed by atoms with Gasteiger partial charge in [0.1, 0.15) is 18.2 Å². The zero-order valence-electron chi connectivity index (χ0n) is 16.9. The van der Waals surface area contributed by atoms with Crippen LogP contribution in [0, 0.1) is 6.92 Å². The highest BCUT2D eigenvalue weighted by atomic mass is 16.5. The molecule has 0 fully saturated rings. The van der Waals surface area contributed by atoms with Gasteiger partial charge in [0.05, 0.1) is 30.4 Å². The fourth-order valence-electron chi connectivity index (χ4n) is 3.25. The van der Waals surface area contributed by atoms with Crippen molar-refractivity contribution in [2.45, 2.75) is 13.5 Å². The third kappa shape index (κ3) is 4.50. The number of fused-ring (bicyclic) bond motifs is 1. The number of nitrogens with one attached hydrogen (secondary N) is 2. The molecule has 6 nitrogen and oxygen atoms in total. The minimum atomic E-state index is -0.223. The lowest BCUT2D eigenvalue weighted by atomic mass is 10.1. The Morgan fingerprint density at radius 2 is 1.93 bits per heavy atom. The van der Waals surface area contributed by atoms with Crippen molar-refractivity contribution in [3.05, 3.63) is 77.9 Å². The number of hydrogen-bond acceptors (Lipinski definition) is 4. The standard InChI is InChI=1S/C24H23N3O3/c1-16-10-11-20(19(12-16)24-26-21-8-3-4-9-22(21)27-24)25-23(28)15-30-14-17-6-5-7-18(13-17)29-2/h3-13H,14-15H2,1-2H3,(H,25,28)(H,26,27). The van der Waals surface area contributed by atoms with Gasteiger partial charge in [-0.25, -0.2) is 4.98 Å². The molecule has 4 aromatic rings. The van der Waals surface area contributed by atoms with Crippen molar-refractivity contribution in [1.82, 2.24) is 9.97 Å². The van der Waals surface area contributed by atoms with E-state index in [4.69, 9.17) is 9.47 Å². The zero-order chi connectivity index (χ0) is 20.9. The lowest BCUT2D eigenvalue weighted by molar-refractivity contribution is -0.121. The van der Waals surface area contributed by atoms with E-state index in [9.17, 15) is 4.79 Å². The number of ether oxygens (including phenoxy) is 2. The summed E-state index contributed by atoms with van der Waals surface area (Å²) in [4.78, 5) is 20.5. The molecule has 6 heteroatoms. The van der Waals surface area contributed by atoms with Crippen LogP contribution < -0.4 is 10.1 Å². The van der Waals surface area contributed by atoms with Crippen molar-refractivity contribution in [2.75, 3.05) is 19.0 Å². The number of rotatable bonds is 7. The molecule has 0 spiro atoms. The number of aryl methyl sites for hydroxylation is 1. The third-order valence-corrected chi connectivity index (χ3v) is 4.73. The van der Waals surface area contributed by atoms with Crippen LogP contribution in [0.4, 0.5) is 5.69 Å². The second-order valence-corrected chi connectivity index (χ2v) is 7.04. The average molecular weight is 401 g/mol. The molecule has 0 saturated heterocycles. The molecule has 1 amide bonds. The smallest absolute Gasteiger partial charge is 0.250 e. The summed E-state index contributed by atoms with van der Waals surface area (Å²) in [5.41, 5.74) is 5.39. The first kappa shape index (κ1) is 19.7. The van der Waals surface area contributed by atoms with Gasteiger partial charge in [-0.1, -0.05) is 35.9 Å². The highest BCUT2D eigenvalue weighted by Gasteiger charge is 2.13. The van der Waals surface area contributed by atoms with E-state index >= 15 is 0 Å². The molecule has 0 aliphatic rings. The molecule has 0 bridgehead atoms. The van der Waals surface area contributed by atoms with E-state index < -0.39 is 0 Å². The molecule has 0 aliphatic heterocycles. The van der Waals surface area contributed by atoms with Crippen LogP contribution in [0.3, 0.4) is 0 Å². The minimum absolute atomic E-state index is 0.0509. The molecule has 2 N–H and O–H groups in total. The summed E-state index contributed by atoms with van der Waals surface area (Å²) in [6, 6.07) is 21.3. The van der Waals surface area contributed by atoms with E-state index in [1.807, 2.05) is 73.7 Å². The highest BCUT2D eigenvalue weighted by molar-refractivity contribution is 5.96. The van der Waals surface area contributed by atoms with Crippen molar-refractivity contribution >= 4 is 22.6 Å². The number of aromatic amines is 1. The average Bonchev–Trinajstić information content (AvgIpc) is 3.19.